The van der Waals surface area contributed by atoms with E-state index in [2.05, 4.69) is 9.71 Å². The molecule has 2 aromatic rings. The quantitative estimate of drug-likeness (QED) is 0.760. The number of aromatic amines is 1. The van der Waals surface area contributed by atoms with Crippen molar-refractivity contribution in [3.8, 4) is 0 Å². The van der Waals surface area contributed by atoms with E-state index < -0.39 is 10.0 Å². The molecular weight excluding hydrogens is 296 g/mol. The van der Waals surface area contributed by atoms with Gasteiger partial charge in [-0.3, -0.25) is 0 Å². The lowest BCUT2D eigenvalue weighted by Crippen LogP contribution is -2.36. The zero-order chi connectivity index (χ0) is 14.8. The second kappa shape index (κ2) is 5.69. The van der Waals surface area contributed by atoms with E-state index in [1.165, 1.54) is 12.3 Å². The summed E-state index contributed by atoms with van der Waals surface area (Å²) in [6.07, 6.45) is 1.38. The van der Waals surface area contributed by atoms with Crippen LogP contribution in [-0.4, -0.2) is 25.1 Å². The Morgan fingerprint density at radius 1 is 1.45 bits per heavy atom. The van der Waals surface area contributed by atoms with Crippen LogP contribution in [0.15, 0.2) is 34.7 Å². The minimum Gasteiger partial charge on any atom is -0.390 e. The highest BCUT2D eigenvalue weighted by molar-refractivity contribution is 7.89. The fourth-order valence-electron chi connectivity index (χ4n) is 1.77. The molecule has 0 aliphatic carbocycles. The molecular formula is C13H18N2O3S2. The molecule has 110 valence electrons. The van der Waals surface area contributed by atoms with Crippen LogP contribution in [0.3, 0.4) is 0 Å². The van der Waals surface area contributed by atoms with Crippen molar-refractivity contribution in [3.63, 3.8) is 0 Å². The van der Waals surface area contributed by atoms with Gasteiger partial charge in [0.15, 0.2) is 0 Å². The molecule has 2 aromatic heterocycles. The molecule has 5 nitrogen and oxygen atoms in total. The first-order valence-corrected chi connectivity index (χ1v) is 8.53. The topological polar surface area (TPSA) is 82.2 Å². The Morgan fingerprint density at radius 3 is 2.75 bits per heavy atom. The lowest BCUT2D eigenvalue weighted by molar-refractivity contribution is 0.277. The SMILES string of the molecule is CC(C)(CNS(=O)(=O)c1c[nH]c(CO)c1)c1cccs1. The Morgan fingerprint density at radius 2 is 2.20 bits per heavy atom. The molecule has 0 bridgehead atoms. The summed E-state index contributed by atoms with van der Waals surface area (Å²) in [4.78, 5) is 3.99. The number of aliphatic hydroxyl groups excluding tert-OH is 1. The first-order chi connectivity index (χ1) is 9.35. The van der Waals surface area contributed by atoms with Crippen molar-refractivity contribution in [2.75, 3.05) is 6.54 Å². The molecule has 0 radical (unpaired) electrons. The third-order valence-corrected chi connectivity index (χ3v) is 5.71. The van der Waals surface area contributed by atoms with Crippen LogP contribution in [0.2, 0.25) is 0 Å². The Hall–Kier alpha value is -1.15. The Kier molecular flexibility index (Phi) is 4.33. The summed E-state index contributed by atoms with van der Waals surface area (Å²) in [7, 11) is -3.56. The van der Waals surface area contributed by atoms with E-state index in [4.69, 9.17) is 5.11 Å². The van der Waals surface area contributed by atoms with Gasteiger partial charge in [-0.1, -0.05) is 19.9 Å². The maximum Gasteiger partial charge on any atom is 0.242 e. The van der Waals surface area contributed by atoms with Crippen LogP contribution in [0.5, 0.6) is 0 Å². The maximum atomic E-state index is 12.2. The fourth-order valence-corrected chi connectivity index (χ4v) is 3.86. The predicted molar refractivity (Wildman–Crippen MR) is 79.2 cm³/mol. The third kappa shape index (κ3) is 3.29. The second-order valence-corrected chi connectivity index (χ2v) is 7.92. The van der Waals surface area contributed by atoms with Gasteiger partial charge in [0.25, 0.3) is 0 Å². The van der Waals surface area contributed by atoms with Crippen LogP contribution in [0.4, 0.5) is 0 Å². The van der Waals surface area contributed by atoms with E-state index in [-0.39, 0.29) is 16.9 Å². The molecule has 2 heterocycles. The van der Waals surface area contributed by atoms with E-state index in [1.54, 1.807) is 11.3 Å². The van der Waals surface area contributed by atoms with Gasteiger partial charge in [0, 0.05) is 28.7 Å². The van der Waals surface area contributed by atoms with Gasteiger partial charge >= 0.3 is 0 Å². The fraction of sp³-hybridized carbons (Fsp3) is 0.385. The number of sulfonamides is 1. The zero-order valence-corrected chi connectivity index (χ0v) is 13.0. The predicted octanol–water partition coefficient (Wildman–Crippen LogP) is 1.82. The summed E-state index contributed by atoms with van der Waals surface area (Å²) in [5.74, 6) is 0. The van der Waals surface area contributed by atoms with Crippen LogP contribution in [0.1, 0.15) is 24.4 Å². The number of hydrogen-bond donors (Lipinski definition) is 3. The molecule has 0 fully saturated rings. The van der Waals surface area contributed by atoms with Gasteiger partial charge in [-0.25, -0.2) is 13.1 Å². The van der Waals surface area contributed by atoms with Crippen LogP contribution in [0.25, 0.3) is 0 Å². The number of nitrogens with one attached hydrogen (secondary N) is 2. The number of aromatic nitrogens is 1. The lowest BCUT2D eigenvalue weighted by Gasteiger charge is -2.23. The molecule has 0 saturated carbocycles. The van der Waals surface area contributed by atoms with Crippen LogP contribution < -0.4 is 4.72 Å². The molecule has 0 amide bonds. The van der Waals surface area contributed by atoms with Gasteiger partial charge in [-0.2, -0.15) is 0 Å². The molecule has 0 aromatic carbocycles. The van der Waals surface area contributed by atoms with Gasteiger partial charge in [-0.05, 0) is 17.5 Å². The smallest absolute Gasteiger partial charge is 0.242 e. The minimum absolute atomic E-state index is 0.142. The standard InChI is InChI=1S/C13H18N2O3S2/c1-13(2,12-4-3-5-19-12)9-15-20(17,18)11-6-10(8-16)14-7-11/h3-7,14-16H,8-9H2,1-2H3. The van der Waals surface area contributed by atoms with Gasteiger partial charge in [0.05, 0.1) is 11.5 Å². The summed E-state index contributed by atoms with van der Waals surface area (Å²) in [6.45, 7) is 4.10. The number of aliphatic hydroxyl groups is 1. The highest BCUT2D eigenvalue weighted by Gasteiger charge is 2.25. The lowest BCUT2D eigenvalue weighted by atomic mass is 9.92. The summed E-state index contributed by atoms with van der Waals surface area (Å²) in [5, 5.41) is 10.9. The molecule has 2 rings (SSSR count). The third-order valence-electron chi connectivity index (χ3n) is 3.09. The van der Waals surface area contributed by atoms with Crippen molar-refractivity contribution in [2.45, 2.75) is 30.8 Å². The molecule has 0 spiro atoms. The maximum absolute atomic E-state index is 12.2. The Labute approximate surface area is 122 Å². The second-order valence-electron chi connectivity index (χ2n) is 5.20. The summed E-state index contributed by atoms with van der Waals surface area (Å²) < 4.78 is 27.0. The van der Waals surface area contributed by atoms with Crippen molar-refractivity contribution in [1.82, 2.24) is 9.71 Å². The number of thiophene rings is 1. The largest absolute Gasteiger partial charge is 0.390 e. The summed E-state index contributed by atoms with van der Waals surface area (Å²) in [5.41, 5.74) is 0.208. The summed E-state index contributed by atoms with van der Waals surface area (Å²) in [6, 6.07) is 5.38. The molecule has 3 N–H and O–H groups in total. The van der Waals surface area contributed by atoms with Gasteiger partial charge < -0.3 is 10.1 Å². The first-order valence-electron chi connectivity index (χ1n) is 6.17. The highest BCUT2D eigenvalue weighted by atomic mass is 32.2. The van der Waals surface area contributed by atoms with E-state index in [9.17, 15) is 8.42 Å². The molecule has 20 heavy (non-hydrogen) atoms. The zero-order valence-electron chi connectivity index (χ0n) is 11.4. The normalized spacial score (nSPS) is 12.8. The van der Waals surface area contributed by atoms with Crippen molar-refractivity contribution in [3.05, 3.63) is 40.3 Å². The van der Waals surface area contributed by atoms with Gasteiger partial charge in [0.1, 0.15) is 0 Å². The summed E-state index contributed by atoms with van der Waals surface area (Å²) >= 11 is 1.61. The van der Waals surface area contributed by atoms with Crippen molar-refractivity contribution in [2.24, 2.45) is 0 Å². The molecule has 0 aliphatic heterocycles. The van der Waals surface area contributed by atoms with Gasteiger partial charge in [-0.15, -0.1) is 11.3 Å². The van der Waals surface area contributed by atoms with Crippen molar-refractivity contribution >= 4 is 21.4 Å². The van der Waals surface area contributed by atoms with Crippen LogP contribution >= 0.6 is 11.3 Å². The van der Waals surface area contributed by atoms with Crippen molar-refractivity contribution in [1.29, 1.82) is 0 Å². The number of hydrogen-bond acceptors (Lipinski definition) is 4. The van der Waals surface area contributed by atoms with Crippen LogP contribution in [-0.2, 0) is 22.0 Å². The Bertz CT molecular complexity index is 658. The monoisotopic (exact) mass is 314 g/mol. The molecule has 7 heteroatoms. The molecule has 0 aliphatic rings. The van der Waals surface area contributed by atoms with Crippen molar-refractivity contribution < 1.29 is 13.5 Å². The van der Waals surface area contributed by atoms with E-state index in [0.717, 1.165) is 4.88 Å². The Balaban J connectivity index is 2.09. The van der Waals surface area contributed by atoms with E-state index in [0.29, 0.717) is 12.2 Å². The number of rotatable bonds is 6. The average molecular weight is 314 g/mol. The first kappa shape index (κ1) is 15.2. The molecule has 0 atom stereocenters. The van der Waals surface area contributed by atoms with Crippen LogP contribution in [0, 0.1) is 0 Å². The minimum atomic E-state index is -3.56. The van der Waals surface area contributed by atoms with E-state index in [1.807, 2.05) is 31.4 Å². The molecule has 0 saturated heterocycles. The molecule has 0 unspecified atom stereocenters. The average Bonchev–Trinajstić information content (AvgIpc) is 3.07. The number of H-pyrrole nitrogens is 1. The highest BCUT2D eigenvalue weighted by Crippen LogP contribution is 2.27. The van der Waals surface area contributed by atoms with E-state index >= 15 is 0 Å². The van der Waals surface area contributed by atoms with Gasteiger partial charge in [0.2, 0.25) is 10.0 Å².